The summed E-state index contributed by atoms with van der Waals surface area (Å²) in [6.45, 7) is 6.14. The third kappa shape index (κ3) is 2.68. The molecule has 0 unspecified atom stereocenters. The van der Waals surface area contributed by atoms with Gasteiger partial charge in [-0.3, -0.25) is 0 Å². The second-order valence-corrected chi connectivity index (χ2v) is 4.40. The molecule has 0 amide bonds. The molecule has 5 nitrogen and oxygen atoms in total. The highest BCUT2D eigenvalue weighted by molar-refractivity contribution is 5.37. The van der Waals surface area contributed by atoms with E-state index in [0.717, 1.165) is 22.6 Å². The molecule has 0 aliphatic carbocycles. The largest absolute Gasteiger partial charge is 0.487 e. The quantitative estimate of drug-likeness (QED) is 0.897. The van der Waals surface area contributed by atoms with Crippen molar-refractivity contribution in [3.63, 3.8) is 0 Å². The molecule has 0 spiro atoms. The van der Waals surface area contributed by atoms with E-state index in [4.69, 9.17) is 10.5 Å². The highest BCUT2D eigenvalue weighted by Gasteiger charge is 2.08. The smallest absolute Gasteiger partial charge is 0.145 e. The summed E-state index contributed by atoms with van der Waals surface area (Å²) in [4.78, 5) is 0. The van der Waals surface area contributed by atoms with Crippen LogP contribution in [-0.4, -0.2) is 10.3 Å². The Morgan fingerprint density at radius 2 is 2.11 bits per heavy atom. The van der Waals surface area contributed by atoms with E-state index in [0.29, 0.717) is 12.3 Å². The molecule has 5 heteroatoms. The predicted octanol–water partition coefficient (Wildman–Crippen LogP) is 2.29. The minimum Gasteiger partial charge on any atom is -0.487 e. The third-order valence-corrected chi connectivity index (χ3v) is 2.84. The third-order valence-electron chi connectivity index (χ3n) is 2.84. The molecule has 0 radical (unpaired) electrons. The molecule has 0 aliphatic rings. The fourth-order valence-corrected chi connectivity index (χ4v) is 1.64. The zero-order valence-electron chi connectivity index (χ0n) is 10.8. The number of hydrogen-bond acceptors (Lipinski definition) is 5. The molecule has 1 aromatic carbocycles. The summed E-state index contributed by atoms with van der Waals surface area (Å²) in [5, 5.41) is 7.48. The van der Waals surface area contributed by atoms with Gasteiger partial charge in [0.2, 0.25) is 0 Å². The number of aromatic nitrogens is 2. The van der Waals surface area contributed by atoms with E-state index >= 15 is 0 Å². The maximum atomic E-state index is 5.83. The van der Waals surface area contributed by atoms with Crippen LogP contribution < -0.4 is 10.5 Å². The van der Waals surface area contributed by atoms with Crippen LogP contribution in [0.15, 0.2) is 22.8 Å². The molecule has 1 atom stereocenters. The van der Waals surface area contributed by atoms with Crippen molar-refractivity contribution in [3.8, 4) is 5.75 Å². The zero-order valence-corrected chi connectivity index (χ0v) is 10.8. The monoisotopic (exact) mass is 247 g/mol. The van der Waals surface area contributed by atoms with Crippen LogP contribution in [0.2, 0.25) is 0 Å². The summed E-state index contributed by atoms with van der Waals surface area (Å²) in [6.07, 6.45) is 0. The minimum absolute atomic E-state index is 0.0275. The Morgan fingerprint density at radius 1 is 1.33 bits per heavy atom. The molecule has 1 heterocycles. The number of rotatable bonds is 4. The van der Waals surface area contributed by atoms with Crippen LogP contribution >= 0.6 is 0 Å². The van der Waals surface area contributed by atoms with Crippen LogP contribution in [0.1, 0.15) is 35.5 Å². The van der Waals surface area contributed by atoms with Crippen molar-refractivity contribution in [1.29, 1.82) is 0 Å². The van der Waals surface area contributed by atoms with Crippen LogP contribution in [0.25, 0.3) is 0 Å². The predicted molar refractivity (Wildman–Crippen MR) is 67.1 cm³/mol. The highest BCUT2D eigenvalue weighted by atomic mass is 16.6. The topological polar surface area (TPSA) is 74.2 Å². The van der Waals surface area contributed by atoms with Gasteiger partial charge in [-0.25, -0.2) is 4.63 Å². The Bertz CT molecular complexity index is 535. The number of ether oxygens (including phenoxy) is 1. The van der Waals surface area contributed by atoms with E-state index in [1.165, 1.54) is 0 Å². The Hall–Kier alpha value is -1.88. The zero-order chi connectivity index (χ0) is 13.1. The molecule has 96 valence electrons. The molecule has 18 heavy (non-hydrogen) atoms. The Kier molecular flexibility index (Phi) is 3.62. The van der Waals surface area contributed by atoms with Gasteiger partial charge in [0.05, 0.1) is 0 Å². The van der Waals surface area contributed by atoms with Gasteiger partial charge < -0.3 is 10.5 Å². The summed E-state index contributed by atoms with van der Waals surface area (Å²) < 4.78 is 10.3. The van der Waals surface area contributed by atoms with Crippen molar-refractivity contribution in [3.05, 3.63) is 40.7 Å². The molecule has 0 fully saturated rings. The molecule has 0 aliphatic heterocycles. The van der Waals surface area contributed by atoms with Gasteiger partial charge in [-0.15, -0.1) is 0 Å². The first-order valence-corrected chi connectivity index (χ1v) is 5.85. The van der Waals surface area contributed by atoms with E-state index < -0.39 is 0 Å². The summed E-state index contributed by atoms with van der Waals surface area (Å²) >= 11 is 0. The standard InChI is InChI=1S/C13H17N3O2/c1-8-6-11(9(2)14)4-5-13(8)17-7-12-10(3)15-18-16-12/h4-6,9H,7,14H2,1-3H3/t9-/m1/s1. The van der Waals surface area contributed by atoms with Crippen molar-refractivity contribution < 1.29 is 9.37 Å². The van der Waals surface area contributed by atoms with Crippen molar-refractivity contribution in [2.24, 2.45) is 5.73 Å². The van der Waals surface area contributed by atoms with Gasteiger partial charge in [-0.2, -0.15) is 0 Å². The van der Waals surface area contributed by atoms with Crippen LogP contribution in [0.5, 0.6) is 5.75 Å². The first-order chi connectivity index (χ1) is 8.58. The molecular weight excluding hydrogens is 230 g/mol. The van der Waals surface area contributed by atoms with Crippen molar-refractivity contribution >= 4 is 0 Å². The SMILES string of the molecule is Cc1cc([C@@H](C)N)ccc1OCc1nonc1C. The second kappa shape index (κ2) is 5.18. The van der Waals surface area contributed by atoms with Crippen molar-refractivity contribution in [2.75, 3.05) is 0 Å². The fourth-order valence-electron chi connectivity index (χ4n) is 1.64. The summed E-state index contributed by atoms with van der Waals surface area (Å²) in [5.41, 5.74) is 9.45. The Balaban J connectivity index is 2.08. The molecule has 2 aromatic rings. The number of nitrogens with two attached hydrogens (primary N) is 1. The van der Waals surface area contributed by atoms with Gasteiger partial charge in [0.15, 0.2) is 0 Å². The average molecular weight is 247 g/mol. The van der Waals surface area contributed by atoms with Crippen LogP contribution in [0.3, 0.4) is 0 Å². The van der Waals surface area contributed by atoms with Gasteiger partial charge in [-0.1, -0.05) is 22.4 Å². The van der Waals surface area contributed by atoms with E-state index in [9.17, 15) is 0 Å². The lowest BCUT2D eigenvalue weighted by Gasteiger charge is -2.11. The van der Waals surface area contributed by atoms with Crippen molar-refractivity contribution in [2.45, 2.75) is 33.4 Å². The summed E-state index contributed by atoms with van der Waals surface area (Å²) in [5.74, 6) is 0.821. The number of nitrogens with zero attached hydrogens (tertiary/aromatic N) is 2. The van der Waals surface area contributed by atoms with E-state index in [1.807, 2.05) is 39.0 Å². The van der Waals surface area contributed by atoms with Crippen LogP contribution in [-0.2, 0) is 6.61 Å². The van der Waals surface area contributed by atoms with E-state index in [-0.39, 0.29) is 6.04 Å². The molecule has 0 saturated carbocycles. The number of hydrogen-bond donors (Lipinski definition) is 1. The van der Waals surface area contributed by atoms with Gasteiger partial charge in [0, 0.05) is 6.04 Å². The maximum absolute atomic E-state index is 5.83. The highest BCUT2D eigenvalue weighted by Crippen LogP contribution is 2.22. The van der Waals surface area contributed by atoms with Gasteiger partial charge in [0.1, 0.15) is 23.7 Å². The molecule has 2 N–H and O–H groups in total. The van der Waals surface area contributed by atoms with Crippen LogP contribution in [0.4, 0.5) is 0 Å². The summed E-state index contributed by atoms with van der Waals surface area (Å²) in [7, 11) is 0. The normalized spacial score (nSPS) is 12.4. The first-order valence-electron chi connectivity index (χ1n) is 5.85. The molecule has 2 rings (SSSR count). The lowest BCUT2D eigenvalue weighted by molar-refractivity contribution is 0.269. The van der Waals surface area contributed by atoms with Gasteiger partial charge >= 0.3 is 0 Å². The lowest BCUT2D eigenvalue weighted by atomic mass is 10.1. The first kappa shape index (κ1) is 12.6. The van der Waals surface area contributed by atoms with Gasteiger partial charge in [-0.05, 0) is 38.0 Å². The van der Waals surface area contributed by atoms with E-state index in [2.05, 4.69) is 14.9 Å². The Morgan fingerprint density at radius 3 is 2.67 bits per heavy atom. The molecule has 0 saturated heterocycles. The number of benzene rings is 1. The average Bonchev–Trinajstić information content (AvgIpc) is 2.73. The van der Waals surface area contributed by atoms with Crippen LogP contribution in [0, 0.1) is 13.8 Å². The summed E-state index contributed by atoms with van der Waals surface area (Å²) in [6, 6.07) is 5.96. The molecule has 0 bridgehead atoms. The van der Waals surface area contributed by atoms with Crippen molar-refractivity contribution in [1.82, 2.24) is 10.3 Å². The lowest BCUT2D eigenvalue weighted by Crippen LogP contribution is -2.06. The Labute approximate surface area is 106 Å². The minimum atomic E-state index is 0.0275. The second-order valence-electron chi connectivity index (χ2n) is 4.40. The van der Waals surface area contributed by atoms with E-state index in [1.54, 1.807) is 0 Å². The maximum Gasteiger partial charge on any atom is 0.145 e. The van der Waals surface area contributed by atoms with Gasteiger partial charge in [0.25, 0.3) is 0 Å². The molecule has 1 aromatic heterocycles. The molecular formula is C13H17N3O2. The number of aryl methyl sites for hydroxylation is 2. The fraction of sp³-hybridized carbons (Fsp3) is 0.385.